The van der Waals surface area contributed by atoms with Gasteiger partial charge in [0.25, 0.3) is 12.9 Å². The van der Waals surface area contributed by atoms with Crippen molar-refractivity contribution in [3.05, 3.63) is 83.6 Å². The Bertz CT molecular complexity index is 1860. The molecular formula is C55H89N7O7. The van der Waals surface area contributed by atoms with Crippen molar-refractivity contribution in [2.24, 2.45) is 10.9 Å². The number of aliphatic hydroxyl groups excluding tert-OH is 1. The van der Waals surface area contributed by atoms with Crippen molar-refractivity contribution < 1.29 is 33.8 Å². The van der Waals surface area contributed by atoms with E-state index < -0.39 is 0 Å². The minimum Gasteiger partial charge on any atom is -0.471 e. The van der Waals surface area contributed by atoms with Crippen LogP contribution in [0.25, 0.3) is 28.0 Å². The fourth-order valence-electron chi connectivity index (χ4n) is 8.51. The molecule has 2 saturated heterocycles. The smallest absolute Gasteiger partial charge is 0.292 e. The molecule has 5 atom stereocenters. The third kappa shape index (κ3) is 22.8. The molecule has 0 aromatic heterocycles. The van der Waals surface area contributed by atoms with Crippen molar-refractivity contribution in [2.75, 3.05) is 81.4 Å². The van der Waals surface area contributed by atoms with E-state index in [9.17, 15) is 9.59 Å². The van der Waals surface area contributed by atoms with E-state index in [1.165, 1.54) is 101 Å². The lowest BCUT2D eigenvalue weighted by Crippen LogP contribution is -2.34. The Kier molecular flexibility index (Phi) is 35.6. The van der Waals surface area contributed by atoms with Crippen LogP contribution in [-0.4, -0.2) is 141 Å². The van der Waals surface area contributed by atoms with Crippen LogP contribution in [0.4, 0.5) is 5.69 Å². The number of likely N-dealkylation sites (tertiary alicyclic amines) is 2. The van der Waals surface area contributed by atoms with Crippen LogP contribution < -0.4 is 21.7 Å². The first-order chi connectivity index (χ1) is 33.3. The Morgan fingerprint density at radius 2 is 1.29 bits per heavy atom. The van der Waals surface area contributed by atoms with Gasteiger partial charge in [-0.15, -0.1) is 0 Å². The van der Waals surface area contributed by atoms with Gasteiger partial charge in [-0.05, 0) is 169 Å². The highest BCUT2D eigenvalue weighted by molar-refractivity contribution is 5.81. The zero-order valence-corrected chi connectivity index (χ0v) is 44.1. The Labute approximate surface area is 415 Å². The van der Waals surface area contributed by atoms with Crippen molar-refractivity contribution in [1.82, 2.24) is 25.8 Å². The van der Waals surface area contributed by atoms with Gasteiger partial charge in [0, 0.05) is 37.6 Å². The fraction of sp³-hybridized carbons (Fsp3) is 0.545. The lowest BCUT2D eigenvalue weighted by molar-refractivity contribution is -0.126. The summed E-state index contributed by atoms with van der Waals surface area (Å²) in [5.74, 6) is 1.76. The van der Waals surface area contributed by atoms with E-state index in [1.807, 2.05) is 32.2 Å². The van der Waals surface area contributed by atoms with Gasteiger partial charge in [0.1, 0.15) is 12.6 Å². The van der Waals surface area contributed by atoms with Crippen molar-refractivity contribution in [3.8, 4) is 22.3 Å². The van der Waals surface area contributed by atoms with Crippen LogP contribution in [0, 0.1) is 5.92 Å². The number of nitrogens with one attached hydrogen (secondary N) is 3. The second kappa shape index (κ2) is 38.6. The van der Waals surface area contributed by atoms with Crippen LogP contribution in [-0.2, 0) is 28.7 Å². The number of aliphatic imine (C=N–C) groups is 1. The van der Waals surface area contributed by atoms with Gasteiger partial charge in [-0.25, -0.2) is 0 Å². The highest BCUT2D eigenvalue weighted by atomic mass is 16.5. The number of aldehydes is 2. The summed E-state index contributed by atoms with van der Waals surface area (Å²) in [5.41, 5.74) is 17.5. The van der Waals surface area contributed by atoms with Gasteiger partial charge in [0.15, 0.2) is 0 Å². The van der Waals surface area contributed by atoms with E-state index in [4.69, 9.17) is 20.4 Å². The monoisotopic (exact) mass is 960 g/mol. The normalized spacial score (nSPS) is 18.7. The summed E-state index contributed by atoms with van der Waals surface area (Å²) in [6.45, 7) is 18.9. The summed E-state index contributed by atoms with van der Waals surface area (Å²) < 4.78 is 7.72. The number of nitrogen functional groups attached to an aromatic ring is 1. The summed E-state index contributed by atoms with van der Waals surface area (Å²) in [4.78, 5) is 46.3. The number of methoxy groups -OCH3 is 2. The number of nitrogens with two attached hydrogens (primary N) is 1. The third-order valence-electron chi connectivity index (χ3n) is 12.2. The molecule has 0 spiro atoms. The maximum Gasteiger partial charge on any atom is 0.292 e. The van der Waals surface area contributed by atoms with Crippen molar-refractivity contribution in [3.63, 3.8) is 0 Å². The number of benzene rings is 3. The molecule has 386 valence electrons. The van der Waals surface area contributed by atoms with Gasteiger partial charge in [-0.3, -0.25) is 14.6 Å². The molecule has 4 aliphatic rings. The van der Waals surface area contributed by atoms with Gasteiger partial charge < -0.3 is 55.7 Å². The first-order valence-corrected chi connectivity index (χ1v) is 24.3. The van der Waals surface area contributed by atoms with Crippen molar-refractivity contribution in [1.29, 1.82) is 0 Å². The van der Waals surface area contributed by atoms with E-state index in [2.05, 4.69) is 130 Å². The number of rotatable bonds is 14. The fourth-order valence-corrected chi connectivity index (χ4v) is 8.51. The van der Waals surface area contributed by atoms with Gasteiger partial charge in [-0.2, -0.15) is 0 Å². The van der Waals surface area contributed by atoms with Crippen LogP contribution in [0.15, 0.2) is 71.9 Å². The van der Waals surface area contributed by atoms with Crippen LogP contribution in [0.2, 0.25) is 0 Å². The number of aliphatic hydroxyl groups is 1. The summed E-state index contributed by atoms with van der Waals surface area (Å²) in [7, 11) is 11.6. The number of anilines is 1. The van der Waals surface area contributed by atoms with E-state index >= 15 is 0 Å². The number of ether oxygens (including phenoxy) is 2. The van der Waals surface area contributed by atoms with E-state index in [1.54, 1.807) is 25.2 Å². The molecule has 14 nitrogen and oxygen atoms in total. The maximum absolute atomic E-state index is 10.1. The number of fused-ring (bicyclic) bond motifs is 5. The Hall–Kier alpha value is -5.25. The highest BCUT2D eigenvalue weighted by Gasteiger charge is 2.40. The van der Waals surface area contributed by atoms with Gasteiger partial charge in [0.05, 0.1) is 32.5 Å². The lowest BCUT2D eigenvalue weighted by atomic mass is 9.81. The van der Waals surface area contributed by atoms with Crippen molar-refractivity contribution in [2.45, 2.75) is 116 Å². The maximum atomic E-state index is 10.1. The highest BCUT2D eigenvalue weighted by Crippen LogP contribution is 2.58. The molecule has 2 aliphatic heterocycles. The molecule has 6 N–H and O–H groups in total. The van der Waals surface area contributed by atoms with E-state index in [0.717, 1.165) is 49.2 Å². The SMILES string of the molecule is C=N/C=C(\NCC1CCCN1C)c1ccc(-c2ccc(-c3ccc(N)cc3)c3c2C2CCC3C2)cc1.CCC.CNC(C=O)C(C)C.CNCC=O.CO.COC=O.COC=O.C[C@@H]1CCCN1C. The molecule has 2 aliphatic carbocycles. The lowest BCUT2D eigenvalue weighted by Gasteiger charge is -2.23. The van der Waals surface area contributed by atoms with Crippen LogP contribution in [0.5, 0.6) is 0 Å². The molecule has 2 heterocycles. The molecule has 0 amide bonds. The topological polar surface area (TPSA) is 188 Å². The third-order valence-corrected chi connectivity index (χ3v) is 12.2. The largest absolute Gasteiger partial charge is 0.471 e. The molecule has 2 bridgehead atoms. The number of carbonyl (C=O) groups excluding carboxylic acids is 4. The second-order valence-corrected chi connectivity index (χ2v) is 17.5. The van der Waals surface area contributed by atoms with E-state index in [-0.39, 0.29) is 6.04 Å². The molecule has 3 fully saturated rings. The zero-order valence-electron chi connectivity index (χ0n) is 44.1. The quantitative estimate of drug-likeness (QED) is 0.0592. The average molecular weight is 960 g/mol. The number of hydrogen-bond donors (Lipinski definition) is 5. The van der Waals surface area contributed by atoms with Crippen molar-refractivity contribution >= 4 is 43.6 Å². The van der Waals surface area contributed by atoms with E-state index in [0.29, 0.717) is 43.3 Å². The molecule has 14 heteroatoms. The predicted molar refractivity (Wildman–Crippen MR) is 288 cm³/mol. The summed E-state index contributed by atoms with van der Waals surface area (Å²) >= 11 is 0. The van der Waals surface area contributed by atoms with Gasteiger partial charge in [-0.1, -0.05) is 82.6 Å². The molecule has 69 heavy (non-hydrogen) atoms. The zero-order chi connectivity index (χ0) is 52.1. The molecule has 7 rings (SSSR count). The molecular weight excluding hydrogens is 871 g/mol. The molecule has 4 unspecified atom stereocenters. The number of likely N-dealkylation sites (N-methyl/N-ethyl adjacent to an activating group) is 3. The van der Waals surface area contributed by atoms with Gasteiger partial charge >= 0.3 is 0 Å². The number of nitrogens with zero attached hydrogens (tertiary/aromatic N) is 3. The Morgan fingerprint density at radius 3 is 1.59 bits per heavy atom. The molecule has 0 radical (unpaired) electrons. The summed E-state index contributed by atoms with van der Waals surface area (Å²) in [6.07, 6.45) is 14.1. The van der Waals surface area contributed by atoms with Crippen LogP contribution >= 0.6 is 0 Å². The number of carbonyl (C=O) groups is 4. The van der Waals surface area contributed by atoms with Gasteiger partial charge in [0.2, 0.25) is 0 Å². The average Bonchev–Trinajstić information content (AvgIpc) is 4.19. The molecule has 3 aromatic rings. The van der Waals surface area contributed by atoms with Crippen LogP contribution in [0.1, 0.15) is 115 Å². The standard InChI is InChI=1S/C32H36N4.C6H13NO.C6H13N.C3H7NO.C3H8.2C2H4O2.CH4O/c1-34-20-30(35-19-27-4-3-17-36(27)2)23-7-5-21(6-8-23)28-15-16-29(22-11-13-26(33)14-12-22)32-25-10-9-24(18-25)31(28)32;1-5(2)6(4-8)7-3;1-6-4-3-5-7(6)2;1-4-2-3-5;1-3-2;2*1-4-2-3;1-2/h5-8,11-16,20,24-25,27,35H,1,3-4,9-10,17-19,33H2,2H3;4-7H,1-3H3;6H,3-5H2,1-2H3;3-4H,2H2,1H3;3H2,1-2H3;2*2H,1H3;2H,1H3/b30-20-;;;;;;;/t;;6-;;;;;/m..1...../s1. The number of hydrogen-bond acceptors (Lipinski definition) is 14. The second-order valence-electron chi connectivity index (χ2n) is 17.5. The minimum absolute atomic E-state index is 0.0231. The Morgan fingerprint density at radius 1 is 0.812 bits per heavy atom. The molecule has 3 aromatic carbocycles. The first-order valence-electron chi connectivity index (χ1n) is 24.3. The van der Waals surface area contributed by atoms with Crippen LogP contribution in [0.3, 0.4) is 0 Å². The minimum atomic E-state index is 0.0231. The summed E-state index contributed by atoms with van der Waals surface area (Å²) in [6, 6.07) is 23.5. The predicted octanol–water partition coefficient (Wildman–Crippen LogP) is 8.19. The Balaban J connectivity index is 0.00000114. The summed E-state index contributed by atoms with van der Waals surface area (Å²) in [5, 5.41) is 16.2. The first kappa shape index (κ1) is 63.8. The molecule has 1 saturated carbocycles.